The Balaban J connectivity index is 2.00. The van der Waals surface area contributed by atoms with Crippen LogP contribution in [0.3, 0.4) is 0 Å². The van der Waals surface area contributed by atoms with E-state index >= 15 is 0 Å². The summed E-state index contributed by atoms with van der Waals surface area (Å²) in [6, 6.07) is 6.05. The summed E-state index contributed by atoms with van der Waals surface area (Å²) in [5.74, 6) is 0.0293. The van der Waals surface area contributed by atoms with Gasteiger partial charge in [0.05, 0.1) is 24.0 Å². The predicted molar refractivity (Wildman–Crippen MR) is 64.1 cm³/mol. The molecule has 0 aromatic heterocycles. The molecule has 1 saturated heterocycles. The van der Waals surface area contributed by atoms with Gasteiger partial charge < -0.3 is 15.5 Å². The largest absolute Gasteiger partial charge is 0.355 e. The van der Waals surface area contributed by atoms with Gasteiger partial charge in [-0.2, -0.15) is 0 Å². The van der Waals surface area contributed by atoms with Crippen LogP contribution in [0.4, 0.5) is 11.4 Å². The van der Waals surface area contributed by atoms with Crippen LogP contribution in [0.5, 0.6) is 0 Å². The molecule has 0 atom stereocenters. The number of hydrogen-bond donors (Lipinski definition) is 2. The SMILES string of the molecule is O=C1CN(C2CNC2)c2ccc(Cl)cc2N1. The average Bonchev–Trinajstić information content (AvgIpc) is 2.13. The van der Waals surface area contributed by atoms with Crippen molar-refractivity contribution in [1.29, 1.82) is 0 Å². The van der Waals surface area contributed by atoms with Gasteiger partial charge in [-0.15, -0.1) is 0 Å². The van der Waals surface area contributed by atoms with Crippen LogP contribution in [0.15, 0.2) is 18.2 Å². The highest BCUT2D eigenvalue weighted by Gasteiger charge is 2.31. The van der Waals surface area contributed by atoms with E-state index < -0.39 is 0 Å². The number of carbonyl (C=O) groups is 1. The summed E-state index contributed by atoms with van der Waals surface area (Å²) >= 11 is 5.92. The molecular weight excluding hydrogens is 226 g/mol. The fourth-order valence-electron chi connectivity index (χ4n) is 2.11. The van der Waals surface area contributed by atoms with E-state index in [9.17, 15) is 4.79 Å². The number of fused-ring (bicyclic) bond motifs is 1. The van der Waals surface area contributed by atoms with E-state index in [0.29, 0.717) is 17.6 Å². The summed E-state index contributed by atoms with van der Waals surface area (Å²) in [6.45, 7) is 2.31. The second-order valence-electron chi connectivity index (χ2n) is 4.15. The molecule has 0 bridgehead atoms. The molecule has 2 aliphatic rings. The number of rotatable bonds is 1. The highest BCUT2D eigenvalue weighted by molar-refractivity contribution is 6.31. The van der Waals surface area contributed by atoms with Gasteiger partial charge in [0.15, 0.2) is 0 Å². The third-order valence-corrected chi connectivity index (χ3v) is 3.29. The van der Waals surface area contributed by atoms with Crippen LogP contribution in [-0.2, 0) is 4.79 Å². The average molecular weight is 238 g/mol. The molecule has 84 valence electrons. The van der Waals surface area contributed by atoms with Crippen molar-refractivity contribution in [3.63, 3.8) is 0 Å². The van der Waals surface area contributed by atoms with Crippen molar-refractivity contribution in [1.82, 2.24) is 5.32 Å². The zero-order chi connectivity index (χ0) is 11.1. The third kappa shape index (κ3) is 1.54. The first-order valence-electron chi connectivity index (χ1n) is 5.31. The molecule has 0 unspecified atom stereocenters. The molecule has 16 heavy (non-hydrogen) atoms. The maximum Gasteiger partial charge on any atom is 0.243 e. The second-order valence-corrected chi connectivity index (χ2v) is 4.59. The zero-order valence-electron chi connectivity index (χ0n) is 8.66. The molecule has 2 N–H and O–H groups in total. The van der Waals surface area contributed by atoms with Crippen LogP contribution in [0.2, 0.25) is 5.02 Å². The molecule has 1 fully saturated rings. The van der Waals surface area contributed by atoms with Crippen LogP contribution in [-0.4, -0.2) is 31.6 Å². The highest BCUT2D eigenvalue weighted by Crippen LogP contribution is 2.33. The van der Waals surface area contributed by atoms with Gasteiger partial charge in [0.25, 0.3) is 0 Å². The topological polar surface area (TPSA) is 44.4 Å². The van der Waals surface area contributed by atoms with E-state index in [0.717, 1.165) is 24.5 Å². The Kier molecular flexibility index (Phi) is 2.26. The molecular formula is C11H12ClN3O. The first-order chi connectivity index (χ1) is 7.74. The predicted octanol–water partition coefficient (Wildman–Crippen LogP) is 1.07. The minimum atomic E-state index is 0.0293. The minimum Gasteiger partial charge on any atom is -0.355 e. The maximum atomic E-state index is 11.6. The van der Waals surface area contributed by atoms with Crippen molar-refractivity contribution in [2.45, 2.75) is 6.04 Å². The lowest BCUT2D eigenvalue weighted by molar-refractivity contribution is -0.115. The Bertz CT molecular complexity index is 445. The fourth-order valence-corrected chi connectivity index (χ4v) is 2.28. The molecule has 4 nitrogen and oxygen atoms in total. The second kappa shape index (κ2) is 3.64. The van der Waals surface area contributed by atoms with Gasteiger partial charge >= 0.3 is 0 Å². The van der Waals surface area contributed by atoms with Gasteiger partial charge in [-0.3, -0.25) is 4.79 Å². The third-order valence-electron chi connectivity index (χ3n) is 3.06. The number of nitrogens with one attached hydrogen (secondary N) is 2. The smallest absolute Gasteiger partial charge is 0.243 e. The summed E-state index contributed by atoms with van der Waals surface area (Å²) in [5.41, 5.74) is 1.88. The summed E-state index contributed by atoms with van der Waals surface area (Å²) < 4.78 is 0. The first kappa shape index (κ1) is 9.93. The zero-order valence-corrected chi connectivity index (χ0v) is 9.42. The standard InChI is InChI=1S/C11H12ClN3O/c12-7-1-2-10-9(3-7)14-11(16)6-15(10)8-4-13-5-8/h1-3,8,13H,4-6H2,(H,14,16). The number of amides is 1. The molecule has 3 rings (SSSR count). The Morgan fingerprint density at radius 3 is 2.88 bits per heavy atom. The molecule has 0 radical (unpaired) electrons. The number of hydrogen-bond acceptors (Lipinski definition) is 3. The van der Waals surface area contributed by atoms with Crippen molar-refractivity contribution in [3.05, 3.63) is 23.2 Å². The van der Waals surface area contributed by atoms with Crippen LogP contribution in [0.1, 0.15) is 0 Å². The molecule has 1 aromatic rings. The van der Waals surface area contributed by atoms with Crippen LogP contribution >= 0.6 is 11.6 Å². The Hall–Kier alpha value is -1.26. The van der Waals surface area contributed by atoms with Gasteiger partial charge in [-0.1, -0.05) is 11.6 Å². The summed E-state index contributed by atoms with van der Waals surface area (Å²) in [6.07, 6.45) is 0. The molecule has 1 amide bonds. The fraction of sp³-hybridized carbons (Fsp3) is 0.364. The van der Waals surface area contributed by atoms with Gasteiger partial charge in [0.1, 0.15) is 0 Å². The lowest BCUT2D eigenvalue weighted by Gasteiger charge is -2.42. The number of nitrogens with zero attached hydrogens (tertiary/aromatic N) is 1. The molecule has 1 aromatic carbocycles. The molecule has 0 spiro atoms. The first-order valence-corrected chi connectivity index (χ1v) is 5.68. The monoisotopic (exact) mass is 237 g/mol. The quantitative estimate of drug-likeness (QED) is 0.768. The lowest BCUT2D eigenvalue weighted by Crippen LogP contribution is -2.60. The number of anilines is 2. The molecule has 2 aliphatic heterocycles. The number of halogens is 1. The Labute approximate surface area is 98.6 Å². The van der Waals surface area contributed by atoms with Crippen LogP contribution in [0.25, 0.3) is 0 Å². The van der Waals surface area contributed by atoms with Gasteiger partial charge in [-0.05, 0) is 18.2 Å². The highest BCUT2D eigenvalue weighted by atomic mass is 35.5. The lowest BCUT2D eigenvalue weighted by atomic mass is 10.1. The minimum absolute atomic E-state index is 0.0293. The van der Waals surface area contributed by atoms with Crippen molar-refractivity contribution in [2.24, 2.45) is 0 Å². The summed E-state index contributed by atoms with van der Waals surface area (Å²) in [5, 5.41) is 6.71. The molecule has 0 aliphatic carbocycles. The van der Waals surface area contributed by atoms with Gasteiger partial charge in [0, 0.05) is 18.1 Å². The normalized spacial score (nSPS) is 20.1. The summed E-state index contributed by atoms with van der Waals surface area (Å²) in [4.78, 5) is 13.7. The van der Waals surface area contributed by atoms with E-state index in [4.69, 9.17) is 11.6 Å². The Morgan fingerprint density at radius 2 is 2.19 bits per heavy atom. The van der Waals surface area contributed by atoms with Gasteiger partial charge in [0.2, 0.25) is 5.91 Å². The van der Waals surface area contributed by atoms with Crippen molar-refractivity contribution >= 4 is 28.9 Å². The summed E-state index contributed by atoms with van der Waals surface area (Å²) in [7, 11) is 0. The van der Waals surface area contributed by atoms with Crippen LogP contribution < -0.4 is 15.5 Å². The van der Waals surface area contributed by atoms with Crippen molar-refractivity contribution in [3.8, 4) is 0 Å². The van der Waals surface area contributed by atoms with E-state index in [1.807, 2.05) is 12.1 Å². The van der Waals surface area contributed by atoms with Gasteiger partial charge in [-0.25, -0.2) is 0 Å². The van der Waals surface area contributed by atoms with E-state index in [1.54, 1.807) is 6.07 Å². The van der Waals surface area contributed by atoms with Crippen LogP contribution in [0, 0.1) is 0 Å². The van der Waals surface area contributed by atoms with E-state index in [1.165, 1.54) is 0 Å². The number of benzene rings is 1. The maximum absolute atomic E-state index is 11.6. The molecule has 5 heteroatoms. The molecule has 2 heterocycles. The van der Waals surface area contributed by atoms with Crippen molar-refractivity contribution in [2.75, 3.05) is 29.9 Å². The van der Waals surface area contributed by atoms with E-state index in [2.05, 4.69) is 15.5 Å². The number of carbonyl (C=O) groups excluding carboxylic acids is 1. The Morgan fingerprint density at radius 1 is 1.38 bits per heavy atom. The van der Waals surface area contributed by atoms with Crippen molar-refractivity contribution < 1.29 is 4.79 Å². The molecule has 0 saturated carbocycles. The van der Waals surface area contributed by atoms with E-state index in [-0.39, 0.29) is 5.91 Å².